The highest BCUT2D eigenvalue weighted by Gasteiger charge is 2.05. The molecule has 0 aromatic heterocycles. The van der Waals surface area contributed by atoms with Crippen LogP contribution in [-0.2, 0) is 0 Å². The molecule has 0 saturated heterocycles. The second-order valence-electron chi connectivity index (χ2n) is 6.24. The first-order valence-corrected chi connectivity index (χ1v) is 7.68. The van der Waals surface area contributed by atoms with Crippen molar-refractivity contribution in [3.05, 3.63) is 64.7 Å². The number of aryl methyl sites for hydroxylation is 2. The summed E-state index contributed by atoms with van der Waals surface area (Å²) in [5, 5.41) is 9.57. The van der Waals surface area contributed by atoms with Crippen LogP contribution in [0.25, 0.3) is 0 Å². The molecule has 2 aromatic rings. The van der Waals surface area contributed by atoms with Gasteiger partial charge in [-0.2, -0.15) is 0 Å². The van der Waals surface area contributed by atoms with Gasteiger partial charge in [-0.3, -0.25) is 0 Å². The van der Waals surface area contributed by atoms with Crippen molar-refractivity contribution >= 4 is 0 Å². The van der Waals surface area contributed by atoms with Crippen LogP contribution in [-0.4, -0.2) is 5.11 Å². The molecular weight excluding hydrogens is 256 g/mol. The van der Waals surface area contributed by atoms with E-state index in [1.54, 1.807) is 0 Å². The first-order chi connectivity index (χ1) is 9.82. The second-order valence-corrected chi connectivity index (χ2v) is 6.24. The fourth-order valence-electron chi connectivity index (χ4n) is 2.18. The van der Waals surface area contributed by atoms with E-state index in [4.69, 9.17) is 0 Å². The minimum absolute atomic E-state index is 0.398. The van der Waals surface area contributed by atoms with Crippen LogP contribution in [0.2, 0.25) is 0 Å². The summed E-state index contributed by atoms with van der Waals surface area (Å²) < 4.78 is 0. The Morgan fingerprint density at radius 2 is 1.43 bits per heavy atom. The Morgan fingerprint density at radius 1 is 0.810 bits per heavy atom. The molecule has 0 aliphatic rings. The molecule has 0 atom stereocenters. The van der Waals surface area contributed by atoms with Crippen LogP contribution in [0, 0.1) is 13.8 Å². The minimum atomic E-state index is 0.398. The molecule has 114 valence electrons. The van der Waals surface area contributed by atoms with Gasteiger partial charge in [0.05, 0.1) is 0 Å². The van der Waals surface area contributed by atoms with Crippen molar-refractivity contribution in [1.29, 1.82) is 0 Å². The molecule has 21 heavy (non-hydrogen) atoms. The molecule has 0 bridgehead atoms. The summed E-state index contributed by atoms with van der Waals surface area (Å²) in [6.07, 6.45) is 0. The van der Waals surface area contributed by atoms with Crippen molar-refractivity contribution in [2.45, 2.75) is 53.4 Å². The Labute approximate surface area is 129 Å². The van der Waals surface area contributed by atoms with Crippen LogP contribution in [0.4, 0.5) is 0 Å². The Bertz CT molecular complexity index is 568. The first kappa shape index (κ1) is 17.3. The summed E-state index contributed by atoms with van der Waals surface area (Å²) in [6, 6.07) is 14.5. The van der Waals surface area contributed by atoms with E-state index >= 15 is 0 Å². The van der Waals surface area contributed by atoms with Gasteiger partial charge in [0.1, 0.15) is 5.75 Å². The van der Waals surface area contributed by atoms with Crippen LogP contribution in [0.3, 0.4) is 0 Å². The summed E-state index contributed by atoms with van der Waals surface area (Å²) in [4.78, 5) is 0. The van der Waals surface area contributed by atoms with Gasteiger partial charge in [0.25, 0.3) is 0 Å². The topological polar surface area (TPSA) is 20.2 Å². The highest BCUT2D eigenvalue weighted by molar-refractivity contribution is 5.40. The molecule has 0 radical (unpaired) electrons. The molecule has 1 nitrogen and oxygen atoms in total. The lowest BCUT2D eigenvalue weighted by Crippen LogP contribution is -1.88. The van der Waals surface area contributed by atoms with Gasteiger partial charge in [0.15, 0.2) is 0 Å². The van der Waals surface area contributed by atoms with Crippen LogP contribution < -0.4 is 0 Å². The van der Waals surface area contributed by atoms with Gasteiger partial charge >= 0.3 is 0 Å². The maximum absolute atomic E-state index is 9.57. The SMILES string of the molecule is Cc1cccc(C(C)C)c1.Cc1cccc(C(C)C)c1O. The lowest BCUT2D eigenvalue weighted by molar-refractivity contribution is 0.460. The van der Waals surface area contributed by atoms with Crippen LogP contribution in [0.5, 0.6) is 5.75 Å². The van der Waals surface area contributed by atoms with E-state index in [2.05, 4.69) is 58.9 Å². The number of benzene rings is 2. The zero-order chi connectivity index (χ0) is 16.0. The first-order valence-electron chi connectivity index (χ1n) is 7.68. The number of hydrogen-bond acceptors (Lipinski definition) is 1. The van der Waals surface area contributed by atoms with Gasteiger partial charge in [-0.25, -0.2) is 0 Å². The Kier molecular flexibility index (Phi) is 6.48. The average molecular weight is 284 g/mol. The summed E-state index contributed by atoms with van der Waals surface area (Å²) >= 11 is 0. The van der Waals surface area contributed by atoms with E-state index in [0.717, 1.165) is 11.1 Å². The molecule has 0 saturated carbocycles. The highest BCUT2D eigenvalue weighted by atomic mass is 16.3. The van der Waals surface area contributed by atoms with Crippen LogP contribution in [0.15, 0.2) is 42.5 Å². The Balaban J connectivity index is 0.000000211. The van der Waals surface area contributed by atoms with Gasteiger partial charge in [0.2, 0.25) is 0 Å². The number of rotatable bonds is 2. The van der Waals surface area contributed by atoms with Crippen molar-refractivity contribution in [2.75, 3.05) is 0 Å². The van der Waals surface area contributed by atoms with Gasteiger partial charge < -0.3 is 5.11 Å². The number of para-hydroxylation sites is 1. The summed E-state index contributed by atoms with van der Waals surface area (Å²) in [5.41, 5.74) is 4.77. The maximum Gasteiger partial charge on any atom is 0.121 e. The van der Waals surface area contributed by atoms with Gasteiger partial charge in [-0.05, 0) is 42.4 Å². The third-order valence-corrected chi connectivity index (χ3v) is 3.60. The van der Waals surface area contributed by atoms with E-state index < -0.39 is 0 Å². The lowest BCUT2D eigenvalue weighted by atomic mass is 10.00. The number of hydrogen-bond donors (Lipinski definition) is 1. The van der Waals surface area contributed by atoms with Crippen molar-refractivity contribution in [1.82, 2.24) is 0 Å². The molecule has 0 spiro atoms. The molecule has 2 aromatic carbocycles. The molecule has 1 N–H and O–H groups in total. The van der Waals surface area contributed by atoms with E-state index in [-0.39, 0.29) is 0 Å². The third kappa shape index (κ3) is 5.26. The zero-order valence-electron chi connectivity index (χ0n) is 14.1. The van der Waals surface area contributed by atoms with Crippen molar-refractivity contribution in [3.63, 3.8) is 0 Å². The molecule has 0 amide bonds. The van der Waals surface area contributed by atoms with Crippen LogP contribution in [0.1, 0.15) is 61.8 Å². The molecule has 0 heterocycles. The second kappa shape index (κ2) is 7.87. The molecular formula is C20H28O. The van der Waals surface area contributed by atoms with Crippen molar-refractivity contribution in [3.8, 4) is 5.75 Å². The predicted molar refractivity (Wildman–Crippen MR) is 92.2 cm³/mol. The lowest BCUT2D eigenvalue weighted by Gasteiger charge is -2.09. The van der Waals surface area contributed by atoms with Gasteiger partial charge in [-0.15, -0.1) is 0 Å². The largest absolute Gasteiger partial charge is 0.507 e. The molecule has 2 rings (SSSR count). The Hall–Kier alpha value is -1.76. The van der Waals surface area contributed by atoms with E-state index in [0.29, 0.717) is 17.6 Å². The highest BCUT2D eigenvalue weighted by Crippen LogP contribution is 2.27. The average Bonchev–Trinajstić information content (AvgIpc) is 2.42. The number of phenolic OH excluding ortho intramolecular Hbond substituents is 1. The van der Waals surface area contributed by atoms with Crippen molar-refractivity contribution in [2.24, 2.45) is 0 Å². The Morgan fingerprint density at radius 3 is 1.86 bits per heavy atom. The zero-order valence-corrected chi connectivity index (χ0v) is 14.1. The monoisotopic (exact) mass is 284 g/mol. The summed E-state index contributed by atoms with van der Waals surface area (Å²) in [6.45, 7) is 12.6. The quantitative estimate of drug-likeness (QED) is 0.723. The number of phenols is 1. The van der Waals surface area contributed by atoms with Crippen LogP contribution >= 0.6 is 0 Å². The summed E-state index contributed by atoms with van der Waals surface area (Å²) in [7, 11) is 0. The molecule has 1 heteroatoms. The standard InChI is InChI=1S/C10H14O.C10H14/c1-7(2)9-6-4-5-8(3)10(9)11;1-8(2)10-6-4-5-9(3)7-10/h4-7,11H,1-3H3;4-8H,1-3H3. The molecule has 0 fully saturated rings. The summed E-state index contributed by atoms with van der Waals surface area (Å²) in [5.74, 6) is 1.50. The number of aromatic hydroxyl groups is 1. The maximum atomic E-state index is 9.57. The predicted octanol–water partition coefficient (Wildman–Crippen LogP) is 5.94. The fraction of sp³-hybridized carbons (Fsp3) is 0.400. The minimum Gasteiger partial charge on any atom is -0.507 e. The van der Waals surface area contributed by atoms with E-state index in [1.807, 2.05) is 25.1 Å². The molecule has 0 unspecified atom stereocenters. The van der Waals surface area contributed by atoms with E-state index in [1.165, 1.54) is 11.1 Å². The van der Waals surface area contributed by atoms with Gasteiger partial charge in [-0.1, -0.05) is 75.7 Å². The molecule has 0 aliphatic heterocycles. The normalized spacial score (nSPS) is 10.5. The van der Waals surface area contributed by atoms with E-state index in [9.17, 15) is 5.11 Å². The van der Waals surface area contributed by atoms with Crippen molar-refractivity contribution < 1.29 is 5.11 Å². The smallest absolute Gasteiger partial charge is 0.121 e. The fourth-order valence-corrected chi connectivity index (χ4v) is 2.18. The molecule has 0 aliphatic carbocycles. The third-order valence-electron chi connectivity index (χ3n) is 3.60. The van der Waals surface area contributed by atoms with Gasteiger partial charge in [0, 0.05) is 0 Å².